The van der Waals surface area contributed by atoms with Crippen LogP contribution in [-0.4, -0.2) is 63.4 Å². The van der Waals surface area contributed by atoms with E-state index in [9.17, 15) is 4.79 Å². The molecular weight excluding hydrogens is 432 g/mol. The highest BCUT2D eigenvalue weighted by atomic mass is 35.5. The molecule has 0 aliphatic carbocycles. The zero-order valence-corrected chi connectivity index (χ0v) is 19.4. The largest absolute Gasteiger partial charge is 0.495 e. The van der Waals surface area contributed by atoms with Crippen LogP contribution in [0, 0.1) is 0 Å². The third-order valence-corrected chi connectivity index (χ3v) is 6.27. The SMILES string of the molecule is COc1ccc([C@@]2(C)OC[C@@H](COc3ccc(N4CCN(C(C)=O)CC4)cc3)O2)cc1Cl. The average molecular weight is 461 g/mol. The van der Waals surface area contributed by atoms with Gasteiger partial charge in [0, 0.05) is 44.4 Å². The van der Waals surface area contributed by atoms with E-state index < -0.39 is 5.79 Å². The monoisotopic (exact) mass is 460 g/mol. The number of hydrogen-bond donors (Lipinski definition) is 0. The second-order valence-electron chi connectivity index (χ2n) is 8.14. The summed E-state index contributed by atoms with van der Waals surface area (Å²) in [6.45, 7) is 7.49. The molecule has 2 saturated heterocycles. The summed E-state index contributed by atoms with van der Waals surface area (Å²) in [6.07, 6.45) is -0.194. The molecule has 0 N–H and O–H groups in total. The van der Waals surface area contributed by atoms with Crippen LogP contribution in [0.25, 0.3) is 0 Å². The maximum Gasteiger partial charge on any atom is 0.219 e. The lowest BCUT2D eigenvalue weighted by Gasteiger charge is -2.35. The third-order valence-electron chi connectivity index (χ3n) is 5.98. The molecule has 1 amide bonds. The molecule has 2 fully saturated rings. The van der Waals surface area contributed by atoms with E-state index in [-0.39, 0.29) is 12.0 Å². The van der Waals surface area contributed by atoms with Crippen molar-refractivity contribution < 1.29 is 23.7 Å². The van der Waals surface area contributed by atoms with Crippen LogP contribution in [0.1, 0.15) is 19.4 Å². The van der Waals surface area contributed by atoms with Crippen molar-refractivity contribution in [2.24, 2.45) is 0 Å². The van der Waals surface area contributed by atoms with E-state index in [0.29, 0.717) is 24.0 Å². The molecule has 2 aromatic carbocycles. The number of methoxy groups -OCH3 is 1. The summed E-state index contributed by atoms with van der Waals surface area (Å²) >= 11 is 6.26. The first-order valence-electron chi connectivity index (χ1n) is 10.8. The smallest absolute Gasteiger partial charge is 0.219 e. The Morgan fingerprint density at radius 2 is 1.88 bits per heavy atom. The Morgan fingerprint density at radius 1 is 1.16 bits per heavy atom. The summed E-state index contributed by atoms with van der Waals surface area (Å²) in [6, 6.07) is 13.5. The summed E-state index contributed by atoms with van der Waals surface area (Å²) in [5.74, 6) is 0.648. The van der Waals surface area contributed by atoms with Gasteiger partial charge in [0.25, 0.3) is 0 Å². The van der Waals surface area contributed by atoms with Crippen molar-refractivity contribution >= 4 is 23.2 Å². The van der Waals surface area contributed by atoms with Crippen LogP contribution in [0.2, 0.25) is 5.02 Å². The number of piperazine rings is 1. The van der Waals surface area contributed by atoms with E-state index in [4.69, 9.17) is 30.5 Å². The van der Waals surface area contributed by atoms with Gasteiger partial charge in [-0.2, -0.15) is 0 Å². The summed E-state index contributed by atoms with van der Waals surface area (Å²) in [7, 11) is 1.58. The molecule has 0 radical (unpaired) electrons. The number of hydrogen-bond acceptors (Lipinski definition) is 6. The molecule has 2 aromatic rings. The second-order valence-corrected chi connectivity index (χ2v) is 8.55. The van der Waals surface area contributed by atoms with Crippen molar-refractivity contribution in [2.45, 2.75) is 25.7 Å². The molecule has 172 valence electrons. The van der Waals surface area contributed by atoms with E-state index in [1.807, 2.05) is 42.2 Å². The minimum absolute atomic E-state index is 0.137. The second kappa shape index (κ2) is 9.57. The Balaban J connectivity index is 1.29. The fourth-order valence-electron chi connectivity index (χ4n) is 4.04. The minimum Gasteiger partial charge on any atom is -0.495 e. The van der Waals surface area contributed by atoms with E-state index in [2.05, 4.69) is 4.90 Å². The first kappa shape index (κ1) is 22.7. The van der Waals surface area contributed by atoms with Crippen molar-refractivity contribution in [3.8, 4) is 11.5 Å². The number of carbonyl (C=O) groups excluding carboxylic acids is 1. The molecule has 0 spiro atoms. The fraction of sp³-hybridized carbons (Fsp3) is 0.458. The Hall–Kier alpha value is -2.48. The lowest BCUT2D eigenvalue weighted by atomic mass is 10.1. The van der Waals surface area contributed by atoms with Gasteiger partial charge in [-0.3, -0.25) is 4.79 Å². The van der Waals surface area contributed by atoms with Crippen LogP contribution >= 0.6 is 11.6 Å². The van der Waals surface area contributed by atoms with Gasteiger partial charge >= 0.3 is 0 Å². The molecule has 0 saturated carbocycles. The highest BCUT2D eigenvalue weighted by Crippen LogP contribution is 2.37. The molecule has 7 nitrogen and oxygen atoms in total. The molecule has 8 heteroatoms. The Bertz CT molecular complexity index is 946. The van der Waals surface area contributed by atoms with Crippen LogP contribution in [0.4, 0.5) is 5.69 Å². The number of anilines is 1. The molecular formula is C24H29ClN2O5. The third kappa shape index (κ3) is 4.95. The van der Waals surface area contributed by atoms with Crippen LogP contribution in [-0.2, 0) is 20.1 Å². The Labute approximate surface area is 193 Å². The highest BCUT2D eigenvalue weighted by Gasteiger charge is 2.39. The van der Waals surface area contributed by atoms with Gasteiger partial charge in [-0.1, -0.05) is 11.6 Å². The number of benzene rings is 2. The van der Waals surface area contributed by atoms with E-state index in [1.165, 1.54) is 0 Å². The van der Waals surface area contributed by atoms with Crippen LogP contribution in [0.15, 0.2) is 42.5 Å². The highest BCUT2D eigenvalue weighted by molar-refractivity contribution is 6.32. The predicted molar refractivity (Wildman–Crippen MR) is 123 cm³/mol. The van der Waals surface area contributed by atoms with Crippen molar-refractivity contribution in [2.75, 3.05) is 51.4 Å². The van der Waals surface area contributed by atoms with Crippen molar-refractivity contribution in [3.05, 3.63) is 53.1 Å². The standard InChI is InChI=1S/C24H29ClN2O5/c1-17(28)26-10-12-27(13-11-26)19-5-7-20(8-6-19)30-15-21-16-31-24(2,32-21)18-4-9-23(29-3)22(25)14-18/h4-9,14,21H,10-13,15-16H2,1-3H3/t21-,24+/m1/s1. The Morgan fingerprint density at radius 3 is 2.50 bits per heavy atom. The van der Waals surface area contributed by atoms with Crippen molar-refractivity contribution in [1.82, 2.24) is 4.90 Å². The quantitative estimate of drug-likeness (QED) is 0.655. The van der Waals surface area contributed by atoms with E-state index in [0.717, 1.165) is 43.2 Å². The first-order valence-corrected chi connectivity index (χ1v) is 11.1. The van der Waals surface area contributed by atoms with E-state index >= 15 is 0 Å². The minimum atomic E-state index is -0.879. The predicted octanol–water partition coefficient (Wildman–Crippen LogP) is 3.68. The average Bonchev–Trinajstić information content (AvgIpc) is 3.20. The number of rotatable bonds is 6. The molecule has 2 heterocycles. The Kier molecular flexibility index (Phi) is 6.79. The van der Waals surface area contributed by atoms with E-state index in [1.54, 1.807) is 26.2 Å². The lowest BCUT2D eigenvalue weighted by molar-refractivity contribution is -0.164. The van der Waals surface area contributed by atoms with Crippen LogP contribution in [0.5, 0.6) is 11.5 Å². The van der Waals surface area contributed by atoms with Gasteiger partial charge in [0.2, 0.25) is 5.91 Å². The zero-order chi connectivity index (χ0) is 22.7. The number of ether oxygens (including phenoxy) is 4. The van der Waals surface area contributed by atoms with Gasteiger partial charge in [0.15, 0.2) is 5.79 Å². The summed E-state index contributed by atoms with van der Waals surface area (Å²) in [5, 5.41) is 0.515. The first-order chi connectivity index (χ1) is 15.4. The van der Waals surface area contributed by atoms with Crippen LogP contribution < -0.4 is 14.4 Å². The van der Waals surface area contributed by atoms with Gasteiger partial charge in [0.05, 0.1) is 18.7 Å². The van der Waals surface area contributed by atoms with Gasteiger partial charge in [-0.25, -0.2) is 0 Å². The van der Waals surface area contributed by atoms with Gasteiger partial charge < -0.3 is 28.7 Å². The summed E-state index contributed by atoms with van der Waals surface area (Å²) in [5.41, 5.74) is 1.96. The molecule has 2 atom stereocenters. The maximum atomic E-state index is 11.5. The molecule has 2 aliphatic heterocycles. The maximum absolute atomic E-state index is 11.5. The summed E-state index contributed by atoms with van der Waals surface area (Å²) < 4.78 is 23.3. The molecule has 4 rings (SSSR count). The topological polar surface area (TPSA) is 60.5 Å². The molecule has 32 heavy (non-hydrogen) atoms. The molecule has 2 aliphatic rings. The van der Waals surface area contributed by atoms with Gasteiger partial charge in [-0.05, 0) is 49.4 Å². The number of nitrogens with zero attached hydrogens (tertiary/aromatic N) is 2. The normalized spacial score (nSPS) is 23.3. The number of amides is 1. The zero-order valence-electron chi connectivity index (χ0n) is 18.7. The van der Waals surface area contributed by atoms with Gasteiger partial charge in [-0.15, -0.1) is 0 Å². The fourth-order valence-corrected chi connectivity index (χ4v) is 4.30. The lowest BCUT2D eigenvalue weighted by Crippen LogP contribution is -2.48. The summed E-state index contributed by atoms with van der Waals surface area (Å²) in [4.78, 5) is 15.7. The molecule has 0 aromatic heterocycles. The number of halogens is 1. The molecule has 0 unspecified atom stereocenters. The number of carbonyl (C=O) groups is 1. The van der Waals surface area contributed by atoms with Crippen LogP contribution in [0.3, 0.4) is 0 Å². The van der Waals surface area contributed by atoms with Gasteiger partial charge in [0.1, 0.15) is 24.2 Å². The van der Waals surface area contributed by atoms with Crippen molar-refractivity contribution in [1.29, 1.82) is 0 Å². The molecule has 0 bridgehead atoms. The van der Waals surface area contributed by atoms with Crippen molar-refractivity contribution in [3.63, 3.8) is 0 Å².